The van der Waals surface area contributed by atoms with E-state index in [0.717, 1.165) is 23.9 Å². The van der Waals surface area contributed by atoms with Crippen LogP contribution in [0.5, 0.6) is 5.75 Å². The fraction of sp³-hybridized carbons (Fsp3) is 0.476. The lowest BCUT2D eigenvalue weighted by Gasteiger charge is -2.15. The first-order valence-electron chi connectivity index (χ1n) is 9.51. The molecule has 1 aromatic carbocycles. The van der Waals surface area contributed by atoms with E-state index in [2.05, 4.69) is 24.3 Å². The third-order valence-electron chi connectivity index (χ3n) is 4.44. The summed E-state index contributed by atoms with van der Waals surface area (Å²) in [6, 6.07) is 7.13. The van der Waals surface area contributed by atoms with E-state index in [-0.39, 0.29) is 29.8 Å². The molecule has 2 rings (SSSR count). The molecule has 0 spiro atoms. The van der Waals surface area contributed by atoms with Gasteiger partial charge in [0.2, 0.25) is 5.91 Å². The lowest BCUT2D eigenvalue weighted by Crippen LogP contribution is -2.38. The highest BCUT2D eigenvalue weighted by Gasteiger charge is 2.13. The second-order valence-corrected chi connectivity index (χ2v) is 7.35. The molecular formula is C21H28FN3O3. The fourth-order valence-electron chi connectivity index (χ4n) is 2.90. The number of halogens is 1. The number of hydrogen-bond acceptors (Lipinski definition) is 4. The van der Waals surface area contributed by atoms with Gasteiger partial charge in [0.1, 0.15) is 18.1 Å². The van der Waals surface area contributed by atoms with Gasteiger partial charge in [0.05, 0.1) is 12.8 Å². The van der Waals surface area contributed by atoms with Crippen molar-refractivity contribution >= 4 is 5.91 Å². The molecule has 7 heteroatoms. The first-order chi connectivity index (χ1) is 13.3. The number of benzene rings is 1. The molecule has 152 valence electrons. The van der Waals surface area contributed by atoms with Gasteiger partial charge >= 0.3 is 0 Å². The molecular weight excluding hydrogens is 361 g/mol. The Hall–Kier alpha value is -2.70. The maximum absolute atomic E-state index is 14.3. The van der Waals surface area contributed by atoms with Crippen molar-refractivity contribution in [2.75, 3.05) is 7.11 Å². The number of ether oxygens (including phenoxy) is 1. The van der Waals surface area contributed by atoms with Gasteiger partial charge in [-0.05, 0) is 37.5 Å². The van der Waals surface area contributed by atoms with Crippen LogP contribution in [0.2, 0.25) is 0 Å². The van der Waals surface area contributed by atoms with E-state index in [0.29, 0.717) is 11.7 Å². The van der Waals surface area contributed by atoms with E-state index >= 15 is 0 Å². The van der Waals surface area contributed by atoms with Gasteiger partial charge in [0.15, 0.2) is 0 Å². The van der Waals surface area contributed by atoms with E-state index < -0.39 is 11.4 Å². The Labute approximate surface area is 164 Å². The Bertz CT molecular complexity index is 864. The standard InChI is InChI=1S/C21H28FN3O3/c1-14(2)6-5-7-15(3)23-20(26)13-25-21(27)11-10-19(24-25)17-9-8-16(28-4)12-18(17)22/h8-12,14-15H,5-7,13H2,1-4H3,(H,23,26). The van der Waals surface area contributed by atoms with E-state index in [9.17, 15) is 14.0 Å². The number of aromatic nitrogens is 2. The van der Waals surface area contributed by atoms with Crippen molar-refractivity contribution in [2.45, 2.75) is 52.6 Å². The predicted octanol–water partition coefficient (Wildman–Crippen LogP) is 3.39. The molecule has 1 heterocycles. The van der Waals surface area contributed by atoms with Gasteiger partial charge in [-0.2, -0.15) is 5.10 Å². The van der Waals surface area contributed by atoms with Crippen molar-refractivity contribution in [3.05, 3.63) is 46.5 Å². The molecule has 0 aliphatic heterocycles. The maximum Gasteiger partial charge on any atom is 0.267 e. The molecule has 2 aromatic rings. The van der Waals surface area contributed by atoms with Gasteiger partial charge < -0.3 is 10.1 Å². The van der Waals surface area contributed by atoms with E-state index in [1.165, 1.54) is 31.4 Å². The topological polar surface area (TPSA) is 73.2 Å². The minimum absolute atomic E-state index is 0.0177. The van der Waals surface area contributed by atoms with Crippen LogP contribution in [0.15, 0.2) is 35.1 Å². The zero-order chi connectivity index (χ0) is 20.7. The second kappa shape index (κ2) is 10.0. The third-order valence-corrected chi connectivity index (χ3v) is 4.44. The average molecular weight is 389 g/mol. The van der Waals surface area contributed by atoms with Gasteiger partial charge in [0.25, 0.3) is 5.56 Å². The normalized spacial score (nSPS) is 12.1. The van der Waals surface area contributed by atoms with Gasteiger partial charge in [-0.15, -0.1) is 0 Å². The summed E-state index contributed by atoms with van der Waals surface area (Å²) in [4.78, 5) is 24.3. The Morgan fingerprint density at radius 2 is 1.96 bits per heavy atom. The highest BCUT2D eigenvalue weighted by Crippen LogP contribution is 2.23. The van der Waals surface area contributed by atoms with Crippen LogP contribution in [0.4, 0.5) is 4.39 Å². The second-order valence-electron chi connectivity index (χ2n) is 7.35. The summed E-state index contributed by atoms with van der Waals surface area (Å²) in [5.74, 6) is 0.214. The molecule has 1 N–H and O–H groups in total. The van der Waals surface area contributed by atoms with Crippen molar-refractivity contribution in [1.29, 1.82) is 0 Å². The van der Waals surface area contributed by atoms with E-state index in [1.807, 2.05) is 6.92 Å². The highest BCUT2D eigenvalue weighted by atomic mass is 19.1. The van der Waals surface area contributed by atoms with Crippen LogP contribution >= 0.6 is 0 Å². The van der Waals surface area contributed by atoms with Crippen molar-refractivity contribution in [3.63, 3.8) is 0 Å². The lowest BCUT2D eigenvalue weighted by atomic mass is 10.0. The molecule has 0 aliphatic rings. The molecule has 28 heavy (non-hydrogen) atoms. The molecule has 1 atom stereocenters. The zero-order valence-corrected chi connectivity index (χ0v) is 16.9. The van der Waals surface area contributed by atoms with Crippen LogP contribution in [0.1, 0.15) is 40.0 Å². The summed E-state index contributed by atoms with van der Waals surface area (Å²) in [6.07, 6.45) is 3.02. The van der Waals surface area contributed by atoms with Gasteiger partial charge in [-0.25, -0.2) is 9.07 Å². The van der Waals surface area contributed by atoms with Crippen molar-refractivity contribution in [3.8, 4) is 17.0 Å². The van der Waals surface area contributed by atoms with Crippen molar-refractivity contribution < 1.29 is 13.9 Å². The van der Waals surface area contributed by atoms with Crippen molar-refractivity contribution in [2.24, 2.45) is 5.92 Å². The third kappa shape index (κ3) is 6.18. The van der Waals surface area contributed by atoms with Gasteiger partial charge in [-0.3, -0.25) is 9.59 Å². The van der Waals surface area contributed by atoms with Crippen LogP contribution in [0.3, 0.4) is 0 Å². The summed E-state index contributed by atoms with van der Waals surface area (Å²) in [7, 11) is 1.45. The largest absolute Gasteiger partial charge is 0.497 e. The minimum atomic E-state index is -0.514. The molecule has 0 bridgehead atoms. The first kappa shape index (κ1) is 21.6. The molecule has 0 saturated heterocycles. The number of amides is 1. The molecule has 0 aliphatic carbocycles. The number of carbonyl (C=O) groups excluding carboxylic acids is 1. The summed E-state index contributed by atoms with van der Waals surface area (Å²) < 4.78 is 20.3. The van der Waals surface area contributed by atoms with Crippen LogP contribution in [-0.2, 0) is 11.3 Å². The minimum Gasteiger partial charge on any atom is -0.497 e. The first-order valence-corrected chi connectivity index (χ1v) is 9.51. The van der Waals surface area contributed by atoms with Crippen molar-refractivity contribution in [1.82, 2.24) is 15.1 Å². The van der Waals surface area contributed by atoms with E-state index in [4.69, 9.17) is 4.74 Å². The highest BCUT2D eigenvalue weighted by molar-refractivity contribution is 5.76. The summed E-state index contributed by atoms with van der Waals surface area (Å²) in [5.41, 5.74) is 0.0924. The number of hydrogen-bond donors (Lipinski definition) is 1. The van der Waals surface area contributed by atoms with Crippen LogP contribution < -0.4 is 15.6 Å². The van der Waals surface area contributed by atoms with Crippen LogP contribution in [0, 0.1) is 11.7 Å². The Kier molecular flexibility index (Phi) is 7.72. The monoisotopic (exact) mass is 389 g/mol. The summed E-state index contributed by atoms with van der Waals surface area (Å²) >= 11 is 0. The summed E-state index contributed by atoms with van der Waals surface area (Å²) in [5, 5.41) is 7.04. The maximum atomic E-state index is 14.3. The number of rotatable bonds is 9. The van der Waals surface area contributed by atoms with Crippen LogP contribution in [0.25, 0.3) is 11.3 Å². The molecule has 0 saturated carbocycles. The number of carbonyl (C=O) groups is 1. The SMILES string of the molecule is COc1ccc(-c2ccc(=O)n(CC(=O)NC(C)CCCC(C)C)n2)c(F)c1. The average Bonchev–Trinajstić information content (AvgIpc) is 2.63. The van der Waals surface area contributed by atoms with Gasteiger partial charge in [0, 0.05) is 23.7 Å². The fourth-order valence-corrected chi connectivity index (χ4v) is 2.90. The Morgan fingerprint density at radius 3 is 2.61 bits per heavy atom. The predicted molar refractivity (Wildman–Crippen MR) is 107 cm³/mol. The summed E-state index contributed by atoms with van der Waals surface area (Å²) in [6.45, 7) is 6.07. The molecule has 6 nitrogen and oxygen atoms in total. The Morgan fingerprint density at radius 1 is 1.21 bits per heavy atom. The molecule has 0 fully saturated rings. The van der Waals surface area contributed by atoms with Gasteiger partial charge in [-0.1, -0.05) is 26.7 Å². The smallest absolute Gasteiger partial charge is 0.267 e. The number of nitrogens with zero attached hydrogens (tertiary/aromatic N) is 2. The number of nitrogens with one attached hydrogen (secondary N) is 1. The molecule has 1 amide bonds. The molecule has 1 aromatic heterocycles. The molecule has 1 unspecified atom stereocenters. The van der Waals surface area contributed by atoms with E-state index in [1.54, 1.807) is 6.07 Å². The molecule has 0 radical (unpaired) electrons. The number of methoxy groups -OCH3 is 1. The van der Waals surface area contributed by atoms with Crippen LogP contribution in [-0.4, -0.2) is 28.8 Å². The zero-order valence-electron chi connectivity index (χ0n) is 16.9. The lowest BCUT2D eigenvalue weighted by molar-refractivity contribution is -0.122. The quantitative estimate of drug-likeness (QED) is 0.713. The Balaban J connectivity index is 2.07.